The molecule has 0 atom stereocenters. The highest BCUT2D eigenvalue weighted by Crippen LogP contribution is 2.20. The van der Waals surface area contributed by atoms with Crippen LogP contribution in [-0.2, 0) is 0 Å². The van der Waals surface area contributed by atoms with E-state index in [4.69, 9.17) is 17.3 Å². The van der Waals surface area contributed by atoms with Crippen LogP contribution >= 0.6 is 11.6 Å². The highest BCUT2D eigenvalue weighted by atomic mass is 35.5. The van der Waals surface area contributed by atoms with Gasteiger partial charge in [-0.25, -0.2) is 8.78 Å². The number of amides is 1. The van der Waals surface area contributed by atoms with E-state index in [-0.39, 0.29) is 16.3 Å². The van der Waals surface area contributed by atoms with Gasteiger partial charge in [-0.3, -0.25) is 4.79 Å². The van der Waals surface area contributed by atoms with Crippen molar-refractivity contribution in [2.24, 2.45) is 0 Å². The van der Waals surface area contributed by atoms with Crippen molar-refractivity contribution in [2.45, 2.75) is 0 Å². The third-order valence-corrected chi connectivity index (χ3v) is 2.73. The molecular weight excluding hydrogens is 274 g/mol. The molecule has 0 aliphatic rings. The van der Waals surface area contributed by atoms with Gasteiger partial charge < -0.3 is 11.1 Å². The molecule has 0 aliphatic heterocycles. The van der Waals surface area contributed by atoms with Gasteiger partial charge in [0.1, 0.15) is 11.6 Å². The molecule has 3 nitrogen and oxygen atoms in total. The summed E-state index contributed by atoms with van der Waals surface area (Å²) in [5.74, 6) is -1.80. The molecule has 3 N–H and O–H groups in total. The summed E-state index contributed by atoms with van der Waals surface area (Å²) in [5, 5.41) is 2.37. The normalized spacial score (nSPS) is 10.3. The minimum atomic E-state index is -0.676. The zero-order valence-electron chi connectivity index (χ0n) is 9.58. The molecule has 0 fully saturated rings. The third-order valence-electron chi connectivity index (χ3n) is 2.44. The van der Waals surface area contributed by atoms with Gasteiger partial charge in [-0.1, -0.05) is 11.6 Å². The van der Waals surface area contributed by atoms with Crippen LogP contribution < -0.4 is 11.1 Å². The second-order valence-electron chi connectivity index (χ2n) is 3.82. The van der Waals surface area contributed by atoms with Crippen LogP contribution in [0.1, 0.15) is 10.4 Å². The molecule has 6 heteroatoms. The first-order valence-electron chi connectivity index (χ1n) is 5.29. The summed E-state index contributed by atoms with van der Waals surface area (Å²) in [6.45, 7) is 0. The van der Waals surface area contributed by atoms with Gasteiger partial charge in [-0.15, -0.1) is 0 Å². The average Bonchev–Trinajstić information content (AvgIpc) is 2.37. The van der Waals surface area contributed by atoms with Crippen molar-refractivity contribution in [3.63, 3.8) is 0 Å². The van der Waals surface area contributed by atoms with Crippen LogP contribution in [0, 0.1) is 11.6 Å². The second kappa shape index (κ2) is 5.24. The lowest BCUT2D eigenvalue weighted by atomic mass is 10.2. The van der Waals surface area contributed by atoms with Crippen LogP contribution in [-0.4, -0.2) is 5.91 Å². The smallest absolute Gasteiger partial charge is 0.255 e. The van der Waals surface area contributed by atoms with Crippen LogP contribution in [0.5, 0.6) is 0 Å². The van der Waals surface area contributed by atoms with Crippen LogP contribution in [0.3, 0.4) is 0 Å². The molecular formula is C13H9ClF2N2O. The van der Waals surface area contributed by atoms with Crippen LogP contribution in [0.4, 0.5) is 20.2 Å². The summed E-state index contributed by atoms with van der Waals surface area (Å²) in [6, 6.07) is 7.45. The number of hydrogen-bond donors (Lipinski definition) is 2. The summed E-state index contributed by atoms with van der Waals surface area (Å²) in [6.07, 6.45) is 0. The number of benzene rings is 2. The molecule has 0 aromatic heterocycles. The van der Waals surface area contributed by atoms with Gasteiger partial charge in [0, 0.05) is 11.3 Å². The van der Waals surface area contributed by atoms with Crippen molar-refractivity contribution in [1.29, 1.82) is 0 Å². The van der Waals surface area contributed by atoms with Crippen LogP contribution in [0.2, 0.25) is 5.02 Å². The number of carbonyl (C=O) groups is 1. The van der Waals surface area contributed by atoms with E-state index >= 15 is 0 Å². The summed E-state index contributed by atoms with van der Waals surface area (Å²) >= 11 is 5.59. The van der Waals surface area contributed by atoms with Crippen molar-refractivity contribution in [3.8, 4) is 0 Å². The number of nitrogens with two attached hydrogens (primary N) is 1. The van der Waals surface area contributed by atoms with Gasteiger partial charge in [-0.2, -0.15) is 0 Å². The first-order chi connectivity index (χ1) is 8.97. The lowest BCUT2D eigenvalue weighted by Gasteiger charge is -2.06. The highest BCUT2D eigenvalue weighted by molar-refractivity contribution is 6.31. The summed E-state index contributed by atoms with van der Waals surface area (Å²) in [5.41, 5.74) is 5.69. The van der Waals surface area contributed by atoms with E-state index in [9.17, 15) is 13.6 Å². The van der Waals surface area contributed by atoms with E-state index in [2.05, 4.69) is 5.32 Å². The van der Waals surface area contributed by atoms with Crippen molar-refractivity contribution >= 4 is 28.9 Å². The van der Waals surface area contributed by atoms with Crippen molar-refractivity contribution < 1.29 is 13.6 Å². The van der Waals surface area contributed by atoms with E-state index in [1.807, 2.05) is 0 Å². The quantitative estimate of drug-likeness (QED) is 0.829. The number of rotatable bonds is 2. The SMILES string of the molecule is Nc1ccc(C(=O)Nc2ccc(F)c(Cl)c2)cc1F. The lowest BCUT2D eigenvalue weighted by molar-refractivity contribution is 0.102. The molecule has 19 heavy (non-hydrogen) atoms. The van der Waals surface area contributed by atoms with Gasteiger partial charge in [0.25, 0.3) is 5.91 Å². The molecule has 0 radical (unpaired) electrons. The number of anilines is 2. The van der Waals surface area contributed by atoms with E-state index in [0.717, 1.165) is 12.1 Å². The molecule has 0 aliphatic carbocycles. The summed E-state index contributed by atoms with van der Waals surface area (Å²) < 4.78 is 26.2. The first kappa shape index (κ1) is 13.3. The Morgan fingerprint density at radius 2 is 1.84 bits per heavy atom. The number of carbonyl (C=O) groups excluding carboxylic acids is 1. The maximum Gasteiger partial charge on any atom is 0.255 e. The van der Waals surface area contributed by atoms with Crippen molar-refractivity contribution in [2.75, 3.05) is 11.1 Å². The molecule has 98 valence electrons. The Kier molecular flexibility index (Phi) is 3.66. The lowest BCUT2D eigenvalue weighted by Crippen LogP contribution is -2.12. The predicted molar refractivity (Wildman–Crippen MR) is 70.2 cm³/mol. The minimum absolute atomic E-state index is 0.0404. The first-order valence-corrected chi connectivity index (χ1v) is 5.66. The summed E-state index contributed by atoms with van der Waals surface area (Å²) in [7, 11) is 0. The monoisotopic (exact) mass is 282 g/mol. The van der Waals surface area contributed by atoms with Crippen LogP contribution in [0.15, 0.2) is 36.4 Å². The van der Waals surface area contributed by atoms with Gasteiger partial charge in [0.05, 0.1) is 10.7 Å². The minimum Gasteiger partial charge on any atom is -0.396 e. The van der Waals surface area contributed by atoms with E-state index in [1.165, 1.54) is 24.3 Å². The Morgan fingerprint density at radius 1 is 1.11 bits per heavy atom. The van der Waals surface area contributed by atoms with E-state index in [0.29, 0.717) is 5.69 Å². The zero-order chi connectivity index (χ0) is 14.0. The number of hydrogen-bond acceptors (Lipinski definition) is 2. The molecule has 0 heterocycles. The molecule has 0 saturated heterocycles. The zero-order valence-corrected chi connectivity index (χ0v) is 10.3. The maximum absolute atomic E-state index is 13.2. The number of halogens is 3. The van der Waals surface area contributed by atoms with Crippen molar-refractivity contribution in [3.05, 3.63) is 58.6 Å². The Hall–Kier alpha value is -2.14. The molecule has 2 aromatic carbocycles. The molecule has 0 spiro atoms. The fraction of sp³-hybridized carbons (Fsp3) is 0. The van der Waals surface area contributed by atoms with Gasteiger partial charge in [0.15, 0.2) is 0 Å². The Labute approximate surface area is 113 Å². The standard InChI is InChI=1S/C13H9ClF2N2O/c14-9-6-8(2-3-10(9)15)18-13(19)7-1-4-12(17)11(16)5-7/h1-6H,17H2,(H,18,19). The van der Waals surface area contributed by atoms with Crippen LogP contribution in [0.25, 0.3) is 0 Å². The largest absolute Gasteiger partial charge is 0.396 e. The number of nitrogens with one attached hydrogen (secondary N) is 1. The number of nitrogen functional groups attached to an aromatic ring is 1. The van der Waals surface area contributed by atoms with E-state index in [1.54, 1.807) is 0 Å². The van der Waals surface area contributed by atoms with Gasteiger partial charge >= 0.3 is 0 Å². The fourth-order valence-corrected chi connectivity index (χ4v) is 1.63. The Balaban J connectivity index is 2.20. The topological polar surface area (TPSA) is 55.1 Å². The fourth-order valence-electron chi connectivity index (χ4n) is 1.45. The molecule has 2 rings (SSSR count). The van der Waals surface area contributed by atoms with Crippen molar-refractivity contribution in [1.82, 2.24) is 0 Å². The third kappa shape index (κ3) is 3.00. The second-order valence-corrected chi connectivity index (χ2v) is 4.23. The summed E-state index contributed by atoms with van der Waals surface area (Å²) in [4.78, 5) is 11.8. The highest BCUT2D eigenvalue weighted by Gasteiger charge is 2.10. The Morgan fingerprint density at radius 3 is 2.47 bits per heavy atom. The van der Waals surface area contributed by atoms with Gasteiger partial charge in [-0.05, 0) is 36.4 Å². The maximum atomic E-state index is 13.2. The predicted octanol–water partition coefficient (Wildman–Crippen LogP) is 3.45. The Bertz CT molecular complexity index is 647. The van der Waals surface area contributed by atoms with Gasteiger partial charge in [0.2, 0.25) is 0 Å². The molecule has 2 aromatic rings. The molecule has 0 unspecified atom stereocenters. The molecule has 1 amide bonds. The average molecular weight is 283 g/mol. The van der Waals surface area contributed by atoms with E-state index < -0.39 is 17.5 Å². The molecule has 0 saturated carbocycles. The molecule has 0 bridgehead atoms.